The molecule has 0 fully saturated rings. The van der Waals surface area contributed by atoms with Gasteiger partial charge in [-0.3, -0.25) is 0 Å². The molecule has 0 aromatic heterocycles. The largest absolute Gasteiger partial charge is 0.472 e. The molecular weight excluding hydrogens is 835 g/mol. The van der Waals surface area contributed by atoms with E-state index in [2.05, 4.69) is 46.6 Å². The average Bonchev–Trinajstić information content (AvgIpc) is 3.35. The quantitative estimate of drug-likeness (QED) is 0.0829. The van der Waals surface area contributed by atoms with Crippen molar-refractivity contribution in [3.8, 4) is 17.2 Å². The van der Waals surface area contributed by atoms with Crippen molar-refractivity contribution in [1.82, 2.24) is 0 Å². The normalized spacial score (nSPS) is 13.5. The first kappa shape index (κ1) is 41.2. The zero-order valence-electron chi connectivity index (χ0n) is 35.6. The molecule has 0 radical (unpaired) electrons. The molecule has 0 aliphatic carbocycles. The number of rotatable bonds is 9. The van der Waals surface area contributed by atoms with Crippen molar-refractivity contribution >= 4 is 69.3 Å². The third-order valence-electron chi connectivity index (χ3n) is 11.4. The van der Waals surface area contributed by atoms with Crippen molar-refractivity contribution in [2.75, 3.05) is 66.8 Å². The Hall–Kier alpha value is -8.85. The number of hydrogen-bond donors (Lipinski definition) is 6. The van der Waals surface area contributed by atoms with Crippen molar-refractivity contribution in [2.24, 2.45) is 0 Å². The van der Waals surface area contributed by atoms with Crippen molar-refractivity contribution in [3.05, 3.63) is 180 Å². The Bertz CT molecular complexity index is 2520. The van der Waals surface area contributed by atoms with Gasteiger partial charge in [0.15, 0.2) is 20.2 Å². The van der Waals surface area contributed by atoms with Crippen LogP contribution in [-0.4, -0.2) is 38.3 Å². The highest BCUT2D eigenvalue weighted by Crippen LogP contribution is 2.50. The van der Waals surface area contributed by atoms with Crippen LogP contribution in [0.2, 0.25) is 0 Å². The maximum absolute atomic E-state index is 12.7. The summed E-state index contributed by atoms with van der Waals surface area (Å²) in [4.78, 5) is 44.4. The van der Waals surface area contributed by atoms with Gasteiger partial charge >= 0.3 is 18.1 Å². The molecule has 0 unspecified atom stereocenters. The van der Waals surface area contributed by atoms with E-state index in [1.807, 2.05) is 164 Å². The van der Waals surface area contributed by atoms with Gasteiger partial charge in [0.05, 0.1) is 36.3 Å². The predicted octanol–water partition coefficient (Wildman–Crippen LogP) is 10.7. The zero-order chi connectivity index (χ0) is 44.8. The number of nitrogens with one attached hydrogen (secondary N) is 6. The maximum Gasteiger partial charge on any atom is 0.323 e. The number of nitrogens with zero attached hydrogens (tertiary/aromatic N) is 3. The fourth-order valence-corrected chi connectivity index (χ4v) is 8.16. The number of anilines is 9. The summed E-state index contributed by atoms with van der Waals surface area (Å²) in [7, 11) is 0. The molecule has 10 rings (SSSR count). The fourth-order valence-electron chi connectivity index (χ4n) is 8.16. The Balaban J connectivity index is 0.883. The molecule has 3 aliphatic rings. The highest BCUT2D eigenvalue weighted by atomic mass is 16.5. The molecule has 15 heteroatoms. The van der Waals surface area contributed by atoms with Gasteiger partial charge in [-0.25, -0.2) is 14.4 Å². The second-order valence-electron chi connectivity index (χ2n) is 15.8. The molecular formula is C51H45N9O6. The smallest absolute Gasteiger partial charge is 0.323 e. The molecule has 6 amide bonds. The highest BCUT2D eigenvalue weighted by Gasteiger charge is 2.37. The number of carbonyl (C=O) groups excluding carboxylic acids is 3. The number of benzene rings is 7. The monoisotopic (exact) mass is 879 g/mol. The van der Waals surface area contributed by atoms with E-state index in [1.165, 1.54) is 0 Å². The number of hydrogen-bond acceptors (Lipinski definition) is 9. The predicted molar refractivity (Wildman–Crippen MR) is 258 cm³/mol. The number of ether oxygens (including phenoxy) is 3. The minimum Gasteiger partial charge on any atom is -0.472 e. The van der Waals surface area contributed by atoms with E-state index in [1.54, 1.807) is 0 Å². The van der Waals surface area contributed by atoms with Gasteiger partial charge in [-0.05, 0) is 109 Å². The molecule has 0 spiro atoms. The maximum atomic E-state index is 12.7. The lowest BCUT2D eigenvalue weighted by atomic mass is 9.96. The molecule has 0 saturated carbocycles. The Morgan fingerprint density at radius 2 is 0.545 bits per heavy atom. The Labute approximate surface area is 380 Å². The first-order chi connectivity index (χ1) is 32.4. The van der Waals surface area contributed by atoms with Gasteiger partial charge in [0.1, 0.15) is 17.2 Å². The van der Waals surface area contributed by atoms with Gasteiger partial charge in [-0.1, -0.05) is 54.6 Å². The lowest BCUT2D eigenvalue weighted by Gasteiger charge is -2.41. The lowest BCUT2D eigenvalue weighted by Crippen LogP contribution is -2.39. The third-order valence-corrected chi connectivity index (χ3v) is 11.4. The lowest BCUT2D eigenvalue weighted by molar-refractivity contribution is 0.234. The minimum absolute atomic E-state index is 0.279. The van der Waals surface area contributed by atoms with Crippen LogP contribution in [-0.2, 0) is 19.6 Å². The first-order valence-corrected chi connectivity index (χ1v) is 21.4. The second kappa shape index (κ2) is 18.5. The van der Waals surface area contributed by atoms with E-state index in [4.69, 9.17) is 14.2 Å². The van der Waals surface area contributed by atoms with Gasteiger partial charge < -0.3 is 60.8 Å². The van der Waals surface area contributed by atoms with Crippen LogP contribution in [0.25, 0.3) is 0 Å². The highest BCUT2D eigenvalue weighted by molar-refractivity contribution is 6.01. The van der Waals surface area contributed by atoms with Gasteiger partial charge in [0.25, 0.3) is 0 Å². The fraction of sp³-hybridized carbons (Fsp3) is 0.118. The van der Waals surface area contributed by atoms with Crippen molar-refractivity contribution in [3.63, 3.8) is 0 Å². The van der Waals surface area contributed by atoms with E-state index < -0.39 is 0 Å². The van der Waals surface area contributed by atoms with Gasteiger partial charge in [0, 0.05) is 51.2 Å². The summed E-state index contributed by atoms with van der Waals surface area (Å²) in [5.74, 6) is 2.19. The van der Waals surface area contributed by atoms with Crippen LogP contribution >= 0.6 is 0 Å². The molecule has 0 bridgehead atoms. The molecule has 0 atom stereocenters. The van der Waals surface area contributed by atoms with E-state index in [0.29, 0.717) is 53.8 Å². The van der Waals surface area contributed by atoms with Crippen LogP contribution in [0, 0.1) is 0 Å². The summed E-state index contributed by atoms with van der Waals surface area (Å²) in [5, 5.41) is 17.2. The van der Waals surface area contributed by atoms with Crippen LogP contribution in [0.1, 0.15) is 16.7 Å². The number of fused-ring (bicyclic) bond motifs is 6. The van der Waals surface area contributed by atoms with Crippen LogP contribution < -0.4 is 60.8 Å². The Morgan fingerprint density at radius 3 is 0.788 bits per heavy atom. The summed E-state index contributed by atoms with van der Waals surface area (Å²) in [6.45, 7) is 2.34. The SMILES string of the molecule is O=C(Nc1ccccc1)Nc1ccc(N2COc3c(c4c(c5c3CN(c3ccc(NC(=O)Nc6ccccc6)cc3)CO5)CN(c3ccc(NC(=O)Nc5ccccc5)cc3)CO4)C2)cc1. The summed E-state index contributed by atoms with van der Waals surface area (Å²) in [5.41, 5.74) is 9.53. The summed E-state index contributed by atoms with van der Waals surface area (Å²) in [6.07, 6.45) is 0. The van der Waals surface area contributed by atoms with E-state index in [9.17, 15) is 14.4 Å². The number of urea groups is 3. The molecule has 6 N–H and O–H groups in total. The first-order valence-electron chi connectivity index (χ1n) is 21.4. The van der Waals surface area contributed by atoms with E-state index in [0.717, 1.165) is 51.0 Å². The van der Waals surface area contributed by atoms with Crippen LogP contribution in [0.4, 0.5) is 65.6 Å². The summed E-state index contributed by atoms with van der Waals surface area (Å²) in [6, 6.07) is 49.8. The second-order valence-corrected chi connectivity index (χ2v) is 15.8. The number of carbonyl (C=O) groups is 3. The third kappa shape index (κ3) is 9.26. The van der Waals surface area contributed by atoms with Crippen molar-refractivity contribution in [2.45, 2.75) is 19.6 Å². The molecule has 66 heavy (non-hydrogen) atoms. The summed E-state index contributed by atoms with van der Waals surface area (Å²) >= 11 is 0. The topological polar surface area (TPSA) is 161 Å². The molecule has 7 aromatic carbocycles. The molecule has 3 heterocycles. The van der Waals surface area contributed by atoms with Gasteiger partial charge in [0.2, 0.25) is 0 Å². The molecule has 330 valence electrons. The Kier molecular flexibility index (Phi) is 11.5. The molecule has 3 aliphatic heterocycles. The van der Waals surface area contributed by atoms with Crippen molar-refractivity contribution in [1.29, 1.82) is 0 Å². The van der Waals surface area contributed by atoms with Gasteiger partial charge in [-0.15, -0.1) is 0 Å². The summed E-state index contributed by atoms with van der Waals surface area (Å²) < 4.78 is 20.0. The minimum atomic E-state index is -0.333. The zero-order valence-corrected chi connectivity index (χ0v) is 35.6. The average molecular weight is 880 g/mol. The van der Waals surface area contributed by atoms with Crippen LogP contribution in [0.5, 0.6) is 17.2 Å². The van der Waals surface area contributed by atoms with E-state index >= 15 is 0 Å². The van der Waals surface area contributed by atoms with Crippen molar-refractivity contribution < 1.29 is 28.6 Å². The molecule has 15 nitrogen and oxygen atoms in total. The molecule has 7 aromatic rings. The Morgan fingerprint density at radius 1 is 0.318 bits per heavy atom. The number of amides is 6. The van der Waals surface area contributed by atoms with Crippen LogP contribution in [0.3, 0.4) is 0 Å². The van der Waals surface area contributed by atoms with Crippen LogP contribution in [0.15, 0.2) is 164 Å². The number of para-hydroxylation sites is 3. The molecule has 0 saturated heterocycles. The standard InChI is InChI=1S/C51H45N9O6/c61-49(52-34-10-4-1-5-11-34)55-37-16-22-40(23-17-37)58-28-43-46(64-31-58)44-29-59(41-24-18-38(19-25-41)56-50(62)53-35-12-6-2-7-13-35)33-66-48(44)45-30-60(32-65-47(43)45)42-26-20-39(21-27-42)57-51(63)54-36-14-8-3-9-15-36/h1-27H,28-33H2,(H2,52,55,61)(H2,53,56,62)(H2,54,57,63). The van der Waals surface area contributed by atoms with E-state index in [-0.39, 0.29) is 38.3 Å². The van der Waals surface area contributed by atoms with Gasteiger partial charge in [-0.2, -0.15) is 0 Å².